The van der Waals surface area contributed by atoms with Crippen molar-refractivity contribution in [2.45, 2.75) is 55.7 Å². The summed E-state index contributed by atoms with van der Waals surface area (Å²) in [5.74, 6) is 1.05. The molecule has 22 heavy (non-hydrogen) atoms. The van der Waals surface area contributed by atoms with E-state index in [0.717, 1.165) is 44.3 Å². The predicted molar refractivity (Wildman–Crippen MR) is 81.2 cm³/mol. The zero-order chi connectivity index (χ0) is 15.5. The molecule has 7 nitrogen and oxygen atoms in total. The Morgan fingerprint density at radius 3 is 2.23 bits per heavy atom. The number of hydrogen-bond donors (Lipinski definition) is 0. The molecule has 2 saturated carbocycles. The third kappa shape index (κ3) is 2.32. The van der Waals surface area contributed by atoms with Crippen molar-refractivity contribution in [3.05, 3.63) is 16.3 Å². The van der Waals surface area contributed by atoms with Crippen LogP contribution in [0.3, 0.4) is 0 Å². The summed E-state index contributed by atoms with van der Waals surface area (Å²) < 4.78 is 29.5. The first-order chi connectivity index (χ1) is 10.5. The van der Waals surface area contributed by atoms with Crippen molar-refractivity contribution in [2.75, 3.05) is 13.1 Å². The highest BCUT2D eigenvalue weighted by atomic mass is 32.2. The molecule has 2 heterocycles. The van der Waals surface area contributed by atoms with E-state index >= 15 is 0 Å². The Morgan fingerprint density at radius 1 is 1.05 bits per heavy atom. The van der Waals surface area contributed by atoms with Gasteiger partial charge in [-0.2, -0.15) is 5.10 Å². The van der Waals surface area contributed by atoms with Crippen LogP contribution in [-0.2, 0) is 17.1 Å². The monoisotopic (exact) mass is 326 g/mol. The van der Waals surface area contributed by atoms with Gasteiger partial charge in [0.1, 0.15) is 5.82 Å². The molecule has 4 rings (SSSR count). The summed E-state index contributed by atoms with van der Waals surface area (Å²) in [6.07, 6.45) is 5.23. The second-order valence-electron chi connectivity index (χ2n) is 6.78. The van der Waals surface area contributed by atoms with E-state index in [2.05, 4.69) is 5.10 Å². The minimum atomic E-state index is -3.07. The Bertz CT molecular complexity index is 735. The van der Waals surface area contributed by atoms with Crippen LogP contribution in [0.15, 0.2) is 4.79 Å². The quantitative estimate of drug-likeness (QED) is 0.811. The Hall–Kier alpha value is -1.15. The number of aryl methyl sites for hydroxylation is 1. The summed E-state index contributed by atoms with van der Waals surface area (Å²) in [6.45, 7) is 1.11. The van der Waals surface area contributed by atoms with Gasteiger partial charge in [0, 0.05) is 32.1 Å². The van der Waals surface area contributed by atoms with Crippen LogP contribution in [-0.4, -0.2) is 45.4 Å². The average molecular weight is 326 g/mol. The van der Waals surface area contributed by atoms with Crippen LogP contribution in [0.4, 0.5) is 0 Å². The van der Waals surface area contributed by atoms with E-state index in [1.165, 1.54) is 4.68 Å². The maximum absolute atomic E-state index is 12.3. The van der Waals surface area contributed by atoms with Gasteiger partial charge in [0.05, 0.1) is 5.25 Å². The topological polar surface area (TPSA) is 77.2 Å². The second-order valence-corrected chi connectivity index (χ2v) is 9.00. The fourth-order valence-corrected chi connectivity index (χ4v) is 5.27. The van der Waals surface area contributed by atoms with E-state index in [0.29, 0.717) is 19.1 Å². The normalized spacial score (nSPS) is 24.8. The molecule has 3 aliphatic rings. The molecule has 0 unspecified atom stereocenters. The summed E-state index contributed by atoms with van der Waals surface area (Å²) >= 11 is 0. The highest BCUT2D eigenvalue weighted by molar-refractivity contribution is 7.90. The van der Waals surface area contributed by atoms with E-state index in [1.807, 2.05) is 4.57 Å². The van der Waals surface area contributed by atoms with Crippen LogP contribution < -0.4 is 5.69 Å². The first-order valence-electron chi connectivity index (χ1n) is 8.13. The number of rotatable bonds is 4. The van der Waals surface area contributed by atoms with Crippen LogP contribution in [0.5, 0.6) is 0 Å². The molecule has 8 heteroatoms. The molecule has 3 fully saturated rings. The van der Waals surface area contributed by atoms with Crippen molar-refractivity contribution in [1.82, 2.24) is 18.7 Å². The Kier molecular flexibility index (Phi) is 3.23. The Morgan fingerprint density at radius 2 is 1.68 bits per heavy atom. The fourth-order valence-electron chi connectivity index (χ4n) is 3.40. The highest BCUT2D eigenvalue weighted by Crippen LogP contribution is 2.38. The van der Waals surface area contributed by atoms with E-state index in [4.69, 9.17) is 0 Å². The number of piperidine rings is 1. The van der Waals surface area contributed by atoms with Crippen LogP contribution in [0.25, 0.3) is 0 Å². The van der Waals surface area contributed by atoms with Gasteiger partial charge in [-0.3, -0.25) is 4.57 Å². The third-order valence-corrected chi connectivity index (χ3v) is 7.42. The van der Waals surface area contributed by atoms with E-state index in [9.17, 15) is 13.2 Å². The van der Waals surface area contributed by atoms with Gasteiger partial charge in [-0.05, 0) is 38.5 Å². The average Bonchev–Trinajstić information content (AvgIpc) is 3.38. The molecule has 0 bridgehead atoms. The van der Waals surface area contributed by atoms with Gasteiger partial charge in [0.25, 0.3) is 0 Å². The lowest BCUT2D eigenvalue weighted by Crippen LogP contribution is -2.40. The largest absolute Gasteiger partial charge is 0.345 e. The van der Waals surface area contributed by atoms with Gasteiger partial charge >= 0.3 is 5.69 Å². The van der Waals surface area contributed by atoms with Crippen molar-refractivity contribution < 1.29 is 8.42 Å². The zero-order valence-electron chi connectivity index (χ0n) is 12.8. The van der Waals surface area contributed by atoms with Crippen molar-refractivity contribution >= 4 is 10.0 Å². The number of aromatic nitrogens is 3. The van der Waals surface area contributed by atoms with Crippen molar-refractivity contribution in [2.24, 2.45) is 7.05 Å². The summed E-state index contributed by atoms with van der Waals surface area (Å²) in [6, 6.07) is 0.310. The maximum Gasteiger partial charge on any atom is 0.345 e. The first-order valence-corrected chi connectivity index (χ1v) is 9.63. The van der Waals surface area contributed by atoms with Crippen LogP contribution >= 0.6 is 0 Å². The zero-order valence-corrected chi connectivity index (χ0v) is 13.6. The minimum absolute atomic E-state index is 0.0365. The molecule has 0 spiro atoms. The minimum Gasteiger partial charge on any atom is -0.276 e. The molecule has 1 aromatic heterocycles. The van der Waals surface area contributed by atoms with Crippen LogP contribution in [0.1, 0.15) is 56.3 Å². The lowest BCUT2D eigenvalue weighted by Gasteiger charge is -2.30. The van der Waals surface area contributed by atoms with Gasteiger partial charge < -0.3 is 0 Å². The molecule has 0 atom stereocenters. The Balaban J connectivity index is 1.52. The van der Waals surface area contributed by atoms with Crippen LogP contribution in [0.2, 0.25) is 0 Å². The lowest BCUT2D eigenvalue weighted by molar-refractivity contribution is 0.308. The van der Waals surface area contributed by atoms with Crippen molar-refractivity contribution in [3.8, 4) is 0 Å². The molecule has 0 aromatic carbocycles. The van der Waals surface area contributed by atoms with Crippen molar-refractivity contribution in [3.63, 3.8) is 0 Å². The first kappa shape index (κ1) is 14.4. The third-order valence-electron chi connectivity index (χ3n) is 5.02. The smallest absolute Gasteiger partial charge is 0.276 e. The summed E-state index contributed by atoms with van der Waals surface area (Å²) in [4.78, 5) is 12.2. The SMILES string of the molecule is Cn1nc(C2CCN(S(=O)(=O)C3CC3)CC2)n(C2CC2)c1=O. The van der Waals surface area contributed by atoms with E-state index in [-0.39, 0.29) is 16.9 Å². The van der Waals surface area contributed by atoms with Gasteiger partial charge in [0.15, 0.2) is 0 Å². The Labute approximate surface area is 130 Å². The summed E-state index contributed by atoms with van der Waals surface area (Å²) in [7, 11) is -1.38. The maximum atomic E-state index is 12.3. The number of sulfonamides is 1. The summed E-state index contributed by atoms with van der Waals surface area (Å²) in [5, 5.41) is 4.29. The number of hydrogen-bond acceptors (Lipinski definition) is 4. The van der Waals surface area contributed by atoms with Crippen LogP contribution in [0, 0.1) is 0 Å². The van der Waals surface area contributed by atoms with E-state index in [1.54, 1.807) is 11.4 Å². The molecule has 1 saturated heterocycles. The van der Waals surface area contributed by atoms with Gasteiger partial charge in [-0.1, -0.05) is 0 Å². The molecule has 1 aliphatic heterocycles. The van der Waals surface area contributed by atoms with E-state index < -0.39 is 10.0 Å². The molecular formula is C14H22N4O3S. The molecular weight excluding hydrogens is 304 g/mol. The van der Waals surface area contributed by atoms with Gasteiger partial charge in [0.2, 0.25) is 10.0 Å². The molecule has 0 N–H and O–H groups in total. The molecule has 0 radical (unpaired) electrons. The summed E-state index contributed by atoms with van der Waals surface area (Å²) in [5.41, 5.74) is -0.0365. The van der Waals surface area contributed by atoms with Crippen molar-refractivity contribution in [1.29, 1.82) is 0 Å². The molecule has 1 aromatic rings. The highest BCUT2D eigenvalue weighted by Gasteiger charge is 2.42. The fraction of sp³-hybridized carbons (Fsp3) is 0.857. The standard InChI is InChI=1S/C14H22N4O3S/c1-16-14(19)18(11-2-3-11)13(15-16)10-6-8-17(9-7-10)22(20,21)12-4-5-12/h10-12H,2-9H2,1H3. The molecule has 122 valence electrons. The number of nitrogens with zero attached hydrogens (tertiary/aromatic N) is 4. The second kappa shape index (κ2) is 4.92. The van der Waals surface area contributed by atoms with Gasteiger partial charge in [-0.25, -0.2) is 22.2 Å². The molecule has 0 amide bonds. The van der Waals surface area contributed by atoms with Gasteiger partial charge in [-0.15, -0.1) is 0 Å². The lowest BCUT2D eigenvalue weighted by atomic mass is 9.97. The molecule has 2 aliphatic carbocycles. The predicted octanol–water partition coefficient (Wildman–Crippen LogP) is 0.588.